The molecule has 0 aliphatic heterocycles. The fraction of sp³-hybridized carbons (Fsp3) is 0.250. The Bertz CT molecular complexity index is 584. The van der Waals surface area contributed by atoms with Gasteiger partial charge in [0.1, 0.15) is 0 Å². The molecule has 0 aliphatic rings. The Morgan fingerprint density at radius 2 is 1.75 bits per heavy atom. The molecule has 20 heavy (non-hydrogen) atoms. The Kier molecular flexibility index (Phi) is 5.06. The zero-order valence-electron chi connectivity index (χ0n) is 11.2. The first kappa shape index (κ1) is 15.3. The molecule has 0 aliphatic carbocycles. The Hall–Kier alpha value is -1.06. The van der Waals surface area contributed by atoms with E-state index in [2.05, 4.69) is 0 Å². The van der Waals surface area contributed by atoms with Gasteiger partial charge in [0.2, 0.25) is 0 Å². The van der Waals surface area contributed by atoms with Crippen LogP contribution in [0.5, 0.6) is 0 Å². The van der Waals surface area contributed by atoms with Crippen LogP contribution in [0.25, 0.3) is 0 Å². The average Bonchev–Trinajstić information content (AvgIpc) is 2.44. The second-order valence-electron chi connectivity index (χ2n) is 4.79. The second kappa shape index (κ2) is 6.59. The minimum atomic E-state index is -0.695. The first-order valence-electron chi connectivity index (χ1n) is 6.43. The van der Waals surface area contributed by atoms with Crippen molar-refractivity contribution >= 4 is 23.2 Å². The molecule has 2 unspecified atom stereocenters. The van der Waals surface area contributed by atoms with E-state index < -0.39 is 6.10 Å². The highest BCUT2D eigenvalue weighted by Gasteiger charge is 2.23. The molecule has 0 saturated heterocycles. The van der Waals surface area contributed by atoms with E-state index in [1.54, 1.807) is 12.1 Å². The van der Waals surface area contributed by atoms with E-state index in [9.17, 15) is 5.11 Å². The van der Waals surface area contributed by atoms with Gasteiger partial charge in [-0.3, -0.25) is 0 Å². The summed E-state index contributed by atoms with van der Waals surface area (Å²) in [5, 5.41) is 11.9. The van der Waals surface area contributed by atoms with Crippen molar-refractivity contribution in [3.8, 4) is 0 Å². The molecule has 2 rings (SSSR count). The van der Waals surface area contributed by atoms with Crippen molar-refractivity contribution in [3.05, 3.63) is 69.2 Å². The third-order valence-corrected chi connectivity index (χ3v) is 4.22. The highest BCUT2D eigenvalue weighted by Crippen LogP contribution is 2.34. The lowest BCUT2D eigenvalue weighted by molar-refractivity contribution is 0.147. The van der Waals surface area contributed by atoms with Crippen molar-refractivity contribution in [3.63, 3.8) is 0 Å². The van der Waals surface area contributed by atoms with Crippen molar-refractivity contribution in [2.75, 3.05) is 6.54 Å². The molecule has 3 N–H and O–H groups in total. The van der Waals surface area contributed by atoms with Gasteiger partial charge < -0.3 is 10.8 Å². The molecule has 4 heteroatoms. The van der Waals surface area contributed by atoms with E-state index in [1.165, 1.54) is 0 Å². The van der Waals surface area contributed by atoms with E-state index in [0.717, 1.165) is 16.7 Å². The summed E-state index contributed by atoms with van der Waals surface area (Å²) in [6, 6.07) is 12.9. The van der Waals surface area contributed by atoms with E-state index in [-0.39, 0.29) is 5.92 Å². The maximum atomic E-state index is 10.6. The van der Waals surface area contributed by atoms with Crippen LogP contribution in [0.1, 0.15) is 28.7 Å². The van der Waals surface area contributed by atoms with Crippen molar-refractivity contribution < 1.29 is 5.11 Å². The minimum absolute atomic E-state index is 0.190. The third kappa shape index (κ3) is 3.15. The summed E-state index contributed by atoms with van der Waals surface area (Å²) in [4.78, 5) is 0. The predicted molar refractivity (Wildman–Crippen MR) is 84.4 cm³/mol. The molecule has 106 valence electrons. The largest absolute Gasteiger partial charge is 0.388 e. The van der Waals surface area contributed by atoms with Crippen LogP contribution < -0.4 is 5.73 Å². The quantitative estimate of drug-likeness (QED) is 0.894. The van der Waals surface area contributed by atoms with Crippen LogP contribution in [0.3, 0.4) is 0 Å². The molecule has 0 spiro atoms. The van der Waals surface area contributed by atoms with E-state index in [4.69, 9.17) is 28.9 Å². The molecule has 0 heterocycles. The first-order chi connectivity index (χ1) is 9.54. The van der Waals surface area contributed by atoms with Crippen LogP contribution in [-0.2, 0) is 0 Å². The zero-order chi connectivity index (χ0) is 14.7. The van der Waals surface area contributed by atoms with Crippen molar-refractivity contribution in [2.45, 2.75) is 18.9 Å². The molecular formula is C16H17Cl2NO. The summed E-state index contributed by atoms with van der Waals surface area (Å²) in [5.41, 5.74) is 8.50. The molecule has 2 aromatic carbocycles. The van der Waals surface area contributed by atoms with Gasteiger partial charge in [-0.05, 0) is 41.8 Å². The highest BCUT2D eigenvalue weighted by molar-refractivity contribution is 6.31. The molecule has 0 bridgehead atoms. The van der Waals surface area contributed by atoms with E-state index in [1.807, 2.05) is 37.3 Å². The van der Waals surface area contributed by atoms with Crippen LogP contribution >= 0.6 is 23.2 Å². The van der Waals surface area contributed by atoms with Gasteiger partial charge in [-0.15, -0.1) is 0 Å². The fourth-order valence-corrected chi connectivity index (χ4v) is 2.63. The number of benzene rings is 2. The Morgan fingerprint density at radius 3 is 2.35 bits per heavy atom. The maximum absolute atomic E-state index is 10.6. The summed E-state index contributed by atoms with van der Waals surface area (Å²) in [6.07, 6.45) is -0.695. The zero-order valence-corrected chi connectivity index (χ0v) is 12.7. The van der Waals surface area contributed by atoms with Crippen molar-refractivity contribution in [1.82, 2.24) is 0 Å². The summed E-state index contributed by atoms with van der Waals surface area (Å²) in [5.74, 6) is -0.190. The number of halogens is 2. The van der Waals surface area contributed by atoms with Gasteiger partial charge in [-0.25, -0.2) is 0 Å². The molecule has 0 saturated carbocycles. The van der Waals surface area contributed by atoms with Gasteiger partial charge in [0, 0.05) is 22.5 Å². The first-order valence-corrected chi connectivity index (χ1v) is 7.18. The fourth-order valence-electron chi connectivity index (χ4n) is 2.32. The van der Waals surface area contributed by atoms with Gasteiger partial charge in [0.05, 0.1) is 6.10 Å². The summed E-state index contributed by atoms with van der Waals surface area (Å²) >= 11 is 12.0. The normalized spacial score (nSPS) is 14.1. The SMILES string of the molecule is Cc1c(Cl)cccc1C(O)C(CN)c1ccc(Cl)cc1. The smallest absolute Gasteiger partial charge is 0.0873 e. The highest BCUT2D eigenvalue weighted by atomic mass is 35.5. The van der Waals surface area contributed by atoms with Gasteiger partial charge >= 0.3 is 0 Å². The standard InChI is InChI=1S/C16H17Cl2NO/c1-10-13(3-2-4-15(10)18)16(20)14(9-19)11-5-7-12(17)8-6-11/h2-8,14,16,20H,9,19H2,1H3. The van der Waals surface area contributed by atoms with Crippen molar-refractivity contribution in [2.24, 2.45) is 5.73 Å². The molecule has 0 amide bonds. The number of aliphatic hydroxyl groups is 1. The van der Waals surface area contributed by atoms with Gasteiger partial charge in [0.15, 0.2) is 0 Å². The molecule has 0 fully saturated rings. The Labute approximate surface area is 129 Å². The number of nitrogens with two attached hydrogens (primary N) is 1. The van der Waals surface area contributed by atoms with Crippen LogP contribution in [-0.4, -0.2) is 11.7 Å². The number of hydrogen-bond acceptors (Lipinski definition) is 2. The lowest BCUT2D eigenvalue weighted by atomic mass is 9.87. The van der Waals surface area contributed by atoms with Gasteiger partial charge in [-0.2, -0.15) is 0 Å². The number of aliphatic hydroxyl groups excluding tert-OH is 1. The van der Waals surface area contributed by atoms with Crippen LogP contribution in [0, 0.1) is 6.92 Å². The summed E-state index contributed by atoms with van der Waals surface area (Å²) < 4.78 is 0. The molecule has 2 atom stereocenters. The third-order valence-electron chi connectivity index (χ3n) is 3.56. The Balaban J connectivity index is 2.36. The maximum Gasteiger partial charge on any atom is 0.0873 e. The molecule has 2 aromatic rings. The van der Waals surface area contributed by atoms with Crippen LogP contribution in [0.4, 0.5) is 0 Å². The topological polar surface area (TPSA) is 46.2 Å². The minimum Gasteiger partial charge on any atom is -0.388 e. The molecule has 0 aromatic heterocycles. The van der Waals surface area contributed by atoms with Gasteiger partial charge in [-0.1, -0.05) is 47.5 Å². The molecular weight excluding hydrogens is 293 g/mol. The van der Waals surface area contributed by atoms with Crippen LogP contribution in [0.2, 0.25) is 10.0 Å². The average molecular weight is 310 g/mol. The predicted octanol–water partition coefficient (Wildman–Crippen LogP) is 4.08. The Morgan fingerprint density at radius 1 is 1.10 bits per heavy atom. The van der Waals surface area contributed by atoms with Crippen molar-refractivity contribution in [1.29, 1.82) is 0 Å². The van der Waals surface area contributed by atoms with Gasteiger partial charge in [0.25, 0.3) is 0 Å². The van der Waals surface area contributed by atoms with E-state index >= 15 is 0 Å². The summed E-state index contributed by atoms with van der Waals surface area (Å²) in [7, 11) is 0. The van der Waals surface area contributed by atoms with E-state index in [0.29, 0.717) is 16.6 Å². The lowest BCUT2D eigenvalue weighted by Crippen LogP contribution is -2.20. The van der Waals surface area contributed by atoms with Crippen LogP contribution in [0.15, 0.2) is 42.5 Å². The summed E-state index contributed by atoms with van der Waals surface area (Å²) in [6.45, 7) is 2.24. The number of hydrogen-bond donors (Lipinski definition) is 2. The molecule has 2 nitrogen and oxygen atoms in total. The lowest BCUT2D eigenvalue weighted by Gasteiger charge is -2.24. The molecule has 0 radical (unpaired) electrons. The monoisotopic (exact) mass is 309 g/mol. The number of rotatable bonds is 4. The second-order valence-corrected chi connectivity index (χ2v) is 5.64.